The Morgan fingerprint density at radius 1 is 0.926 bits per heavy atom. The molecular formula is C21H19FN2O3. The van der Waals surface area contributed by atoms with Gasteiger partial charge in [-0.05, 0) is 35.4 Å². The quantitative estimate of drug-likeness (QED) is 0.675. The zero-order valence-corrected chi connectivity index (χ0v) is 14.5. The summed E-state index contributed by atoms with van der Waals surface area (Å²) in [6, 6.07) is 17.6. The molecule has 1 heterocycles. The van der Waals surface area contributed by atoms with Crippen LogP contribution in [0.5, 0.6) is 0 Å². The first-order valence-electron chi connectivity index (χ1n) is 8.52. The first-order valence-corrected chi connectivity index (χ1v) is 8.52. The molecule has 0 bridgehead atoms. The fourth-order valence-electron chi connectivity index (χ4n) is 2.61. The van der Waals surface area contributed by atoms with Gasteiger partial charge in [0.2, 0.25) is 5.91 Å². The van der Waals surface area contributed by atoms with Crippen molar-refractivity contribution < 1.29 is 18.4 Å². The normalized spacial score (nSPS) is 11.6. The summed E-state index contributed by atoms with van der Waals surface area (Å²) in [5.74, 6) is -0.988. The first-order chi connectivity index (χ1) is 13.1. The van der Waals surface area contributed by atoms with Crippen LogP contribution in [0.4, 0.5) is 4.39 Å². The van der Waals surface area contributed by atoms with Crippen molar-refractivity contribution in [1.82, 2.24) is 10.6 Å². The van der Waals surface area contributed by atoms with Gasteiger partial charge in [0.25, 0.3) is 5.91 Å². The summed E-state index contributed by atoms with van der Waals surface area (Å²) in [4.78, 5) is 25.0. The molecule has 2 aromatic carbocycles. The third-order valence-corrected chi connectivity index (χ3v) is 4.03. The Labute approximate surface area is 156 Å². The molecule has 3 aromatic rings. The minimum Gasteiger partial charge on any atom is -0.459 e. The lowest BCUT2D eigenvalue weighted by atomic mass is 10.0. The average Bonchev–Trinajstić information content (AvgIpc) is 3.22. The Hall–Kier alpha value is -3.41. The van der Waals surface area contributed by atoms with Crippen LogP contribution in [0.1, 0.15) is 21.7 Å². The van der Waals surface area contributed by atoms with Crippen molar-refractivity contribution >= 4 is 11.8 Å². The molecule has 1 aromatic heterocycles. The number of hydrogen-bond acceptors (Lipinski definition) is 3. The number of nitrogens with one attached hydrogen (secondary N) is 2. The highest BCUT2D eigenvalue weighted by Crippen LogP contribution is 2.07. The zero-order chi connectivity index (χ0) is 19.1. The van der Waals surface area contributed by atoms with E-state index in [1.165, 1.54) is 24.5 Å². The van der Waals surface area contributed by atoms with Crippen molar-refractivity contribution in [2.24, 2.45) is 0 Å². The second kappa shape index (κ2) is 8.80. The van der Waals surface area contributed by atoms with Crippen LogP contribution in [0.2, 0.25) is 0 Å². The van der Waals surface area contributed by atoms with Crippen molar-refractivity contribution in [3.05, 3.63) is 95.7 Å². The molecule has 0 aliphatic heterocycles. The maximum atomic E-state index is 13.0. The number of halogens is 1. The van der Waals surface area contributed by atoms with E-state index in [1.54, 1.807) is 18.2 Å². The Bertz CT molecular complexity index is 878. The molecule has 0 aliphatic carbocycles. The maximum absolute atomic E-state index is 13.0. The standard InChI is InChI=1S/C21H19FN2O3/c22-17-10-8-16(9-11-17)14-23-20(25)18(13-15-5-2-1-3-6-15)24-21(26)19-7-4-12-27-19/h1-12,18H,13-14H2,(H,23,25)(H,24,26)/t18-/m0/s1. The molecule has 2 N–H and O–H groups in total. The summed E-state index contributed by atoms with van der Waals surface area (Å²) in [7, 11) is 0. The van der Waals surface area contributed by atoms with Gasteiger partial charge in [0, 0.05) is 13.0 Å². The lowest BCUT2D eigenvalue weighted by Crippen LogP contribution is -2.47. The van der Waals surface area contributed by atoms with Gasteiger partial charge in [0.05, 0.1) is 6.26 Å². The van der Waals surface area contributed by atoms with Gasteiger partial charge in [-0.3, -0.25) is 9.59 Å². The van der Waals surface area contributed by atoms with Crippen LogP contribution < -0.4 is 10.6 Å². The van der Waals surface area contributed by atoms with Crippen LogP contribution in [0.25, 0.3) is 0 Å². The van der Waals surface area contributed by atoms with Crippen LogP contribution in [-0.4, -0.2) is 17.9 Å². The molecular weight excluding hydrogens is 347 g/mol. The molecule has 0 spiro atoms. The Kier molecular flexibility index (Phi) is 5.99. The summed E-state index contributed by atoms with van der Waals surface area (Å²) in [6.07, 6.45) is 1.73. The topological polar surface area (TPSA) is 71.3 Å². The highest BCUT2D eigenvalue weighted by molar-refractivity contribution is 5.95. The van der Waals surface area contributed by atoms with Crippen LogP contribution >= 0.6 is 0 Å². The average molecular weight is 366 g/mol. The molecule has 27 heavy (non-hydrogen) atoms. The predicted octanol–water partition coefficient (Wildman–Crippen LogP) is 3.08. The third kappa shape index (κ3) is 5.28. The number of carbonyl (C=O) groups excluding carboxylic acids is 2. The van der Waals surface area contributed by atoms with Gasteiger partial charge in [0.1, 0.15) is 11.9 Å². The van der Waals surface area contributed by atoms with E-state index in [2.05, 4.69) is 10.6 Å². The van der Waals surface area contributed by atoms with E-state index in [9.17, 15) is 14.0 Å². The largest absolute Gasteiger partial charge is 0.459 e. The number of furan rings is 1. The Morgan fingerprint density at radius 3 is 2.33 bits per heavy atom. The van der Waals surface area contributed by atoms with Crippen LogP contribution in [0.3, 0.4) is 0 Å². The first kappa shape index (κ1) is 18.4. The van der Waals surface area contributed by atoms with E-state index < -0.39 is 11.9 Å². The fourth-order valence-corrected chi connectivity index (χ4v) is 2.61. The molecule has 6 heteroatoms. The second-order valence-corrected chi connectivity index (χ2v) is 6.04. The minimum absolute atomic E-state index is 0.138. The number of amides is 2. The molecule has 0 saturated heterocycles. The fraction of sp³-hybridized carbons (Fsp3) is 0.143. The summed E-state index contributed by atoms with van der Waals surface area (Å²) in [6.45, 7) is 0.237. The summed E-state index contributed by atoms with van der Waals surface area (Å²) in [5, 5.41) is 5.49. The van der Waals surface area contributed by atoms with Gasteiger partial charge in [-0.25, -0.2) is 4.39 Å². The van der Waals surface area contributed by atoms with Gasteiger partial charge >= 0.3 is 0 Å². The van der Waals surface area contributed by atoms with E-state index in [0.29, 0.717) is 6.42 Å². The van der Waals surface area contributed by atoms with E-state index >= 15 is 0 Å². The van der Waals surface area contributed by atoms with Gasteiger partial charge < -0.3 is 15.1 Å². The SMILES string of the molecule is O=C(N[C@@H](Cc1ccccc1)C(=O)NCc1ccc(F)cc1)c1ccco1. The van der Waals surface area contributed by atoms with Crippen molar-refractivity contribution in [3.8, 4) is 0 Å². The molecule has 3 rings (SSSR count). The molecule has 5 nitrogen and oxygen atoms in total. The number of benzene rings is 2. The summed E-state index contributed by atoms with van der Waals surface area (Å²) in [5.41, 5.74) is 1.68. The highest BCUT2D eigenvalue weighted by Gasteiger charge is 2.22. The lowest BCUT2D eigenvalue weighted by Gasteiger charge is -2.18. The number of hydrogen-bond donors (Lipinski definition) is 2. The maximum Gasteiger partial charge on any atom is 0.287 e. The van der Waals surface area contributed by atoms with Crippen molar-refractivity contribution in [1.29, 1.82) is 0 Å². The van der Waals surface area contributed by atoms with Crippen LogP contribution in [-0.2, 0) is 17.8 Å². The van der Waals surface area contributed by atoms with E-state index in [4.69, 9.17) is 4.42 Å². The molecule has 1 atom stereocenters. The van der Waals surface area contributed by atoms with Crippen molar-refractivity contribution in [3.63, 3.8) is 0 Å². The summed E-state index contributed by atoms with van der Waals surface area (Å²) < 4.78 is 18.1. The number of rotatable bonds is 7. The molecule has 0 unspecified atom stereocenters. The summed E-state index contributed by atoms with van der Waals surface area (Å²) >= 11 is 0. The van der Waals surface area contributed by atoms with Gasteiger partial charge in [-0.15, -0.1) is 0 Å². The van der Waals surface area contributed by atoms with Gasteiger partial charge in [0.15, 0.2) is 5.76 Å². The minimum atomic E-state index is -0.773. The van der Waals surface area contributed by atoms with Crippen LogP contribution in [0.15, 0.2) is 77.4 Å². The smallest absolute Gasteiger partial charge is 0.287 e. The Morgan fingerprint density at radius 2 is 1.67 bits per heavy atom. The predicted molar refractivity (Wildman–Crippen MR) is 98.4 cm³/mol. The molecule has 0 saturated carbocycles. The van der Waals surface area contributed by atoms with E-state index in [0.717, 1.165) is 11.1 Å². The third-order valence-electron chi connectivity index (χ3n) is 4.03. The second-order valence-electron chi connectivity index (χ2n) is 6.04. The van der Waals surface area contributed by atoms with Crippen molar-refractivity contribution in [2.75, 3.05) is 0 Å². The van der Waals surface area contributed by atoms with Crippen LogP contribution in [0, 0.1) is 5.82 Å². The molecule has 0 radical (unpaired) electrons. The van der Waals surface area contributed by atoms with Gasteiger partial charge in [-0.1, -0.05) is 42.5 Å². The lowest BCUT2D eigenvalue weighted by molar-refractivity contribution is -0.123. The monoisotopic (exact) mass is 366 g/mol. The Balaban J connectivity index is 1.68. The van der Waals surface area contributed by atoms with E-state index in [1.807, 2.05) is 30.3 Å². The zero-order valence-electron chi connectivity index (χ0n) is 14.5. The van der Waals surface area contributed by atoms with Crippen molar-refractivity contribution in [2.45, 2.75) is 19.0 Å². The molecule has 0 aliphatic rings. The molecule has 0 fully saturated rings. The van der Waals surface area contributed by atoms with Gasteiger partial charge in [-0.2, -0.15) is 0 Å². The molecule has 2 amide bonds. The van der Waals surface area contributed by atoms with E-state index in [-0.39, 0.29) is 24.0 Å². The number of carbonyl (C=O) groups is 2. The molecule has 138 valence electrons. The highest BCUT2D eigenvalue weighted by atomic mass is 19.1.